The summed E-state index contributed by atoms with van der Waals surface area (Å²) in [4.78, 5) is 4.48. The van der Waals surface area contributed by atoms with Crippen LogP contribution in [0.5, 0.6) is 0 Å². The predicted molar refractivity (Wildman–Crippen MR) is 117 cm³/mol. The van der Waals surface area contributed by atoms with Crippen molar-refractivity contribution in [2.45, 2.75) is 0 Å². The quantitative estimate of drug-likeness (QED) is 0.249. The SMILES string of the molecule is CNc1c(N=Cc2c(F)cccc2F)c2ccc(Cl)cc2c2cc(Br)ccc12. The van der Waals surface area contributed by atoms with Crippen LogP contribution in [0.15, 0.2) is 64.1 Å². The highest BCUT2D eigenvalue weighted by atomic mass is 79.9. The first-order chi connectivity index (χ1) is 13.5. The molecular formula is C22H14BrClF2N2. The second-order valence-corrected chi connectivity index (χ2v) is 7.60. The molecule has 140 valence electrons. The van der Waals surface area contributed by atoms with Gasteiger partial charge in [-0.15, -0.1) is 0 Å². The third-order valence-corrected chi connectivity index (χ3v) is 5.32. The molecule has 0 atom stereocenters. The van der Waals surface area contributed by atoms with Crippen molar-refractivity contribution >= 4 is 66.7 Å². The number of fused-ring (bicyclic) bond motifs is 3. The molecule has 0 aromatic heterocycles. The molecule has 4 rings (SSSR count). The van der Waals surface area contributed by atoms with Crippen LogP contribution in [0, 0.1) is 11.6 Å². The molecule has 0 saturated heterocycles. The molecular weight excluding hydrogens is 446 g/mol. The Morgan fingerprint density at radius 3 is 2.32 bits per heavy atom. The number of anilines is 1. The smallest absolute Gasteiger partial charge is 0.134 e. The molecule has 0 aliphatic heterocycles. The lowest BCUT2D eigenvalue weighted by atomic mass is 9.98. The van der Waals surface area contributed by atoms with Crippen LogP contribution in [0.4, 0.5) is 20.2 Å². The maximum Gasteiger partial charge on any atom is 0.134 e. The minimum absolute atomic E-state index is 0.178. The average Bonchev–Trinajstić information content (AvgIpc) is 2.67. The lowest BCUT2D eigenvalue weighted by Crippen LogP contribution is -1.95. The number of aliphatic imine (C=N–C) groups is 1. The van der Waals surface area contributed by atoms with E-state index in [1.165, 1.54) is 24.4 Å². The zero-order valence-electron chi connectivity index (χ0n) is 14.7. The molecule has 0 fully saturated rings. The maximum atomic E-state index is 14.0. The van der Waals surface area contributed by atoms with Crippen LogP contribution < -0.4 is 5.32 Å². The summed E-state index contributed by atoms with van der Waals surface area (Å²) in [6.07, 6.45) is 1.22. The molecule has 0 radical (unpaired) electrons. The minimum Gasteiger partial charge on any atom is -0.386 e. The summed E-state index contributed by atoms with van der Waals surface area (Å²) >= 11 is 9.75. The maximum absolute atomic E-state index is 14.0. The van der Waals surface area contributed by atoms with E-state index in [-0.39, 0.29) is 5.56 Å². The van der Waals surface area contributed by atoms with Crippen LogP contribution >= 0.6 is 27.5 Å². The molecule has 0 amide bonds. The molecule has 0 heterocycles. The summed E-state index contributed by atoms with van der Waals surface area (Å²) in [5.74, 6) is -1.32. The number of benzene rings is 4. The van der Waals surface area contributed by atoms with Gasteiger partial charge in [-0.2, -0.15) is 0 Å². The van der Waals surface area contributed by atoms with Crippen molar-refractivity contribution in [3.8, 4) is 0 Å². The zero-order chi connectivity index (χ0) is 19.8. The summed E-state index contributed by atoms with van der Waals surface area (Å²) in [6.45, 7) is 0. The summed E-state index contributed by atoms with van der Waals surface area (Å²) in [6, 6.07) is 15.2. The van der Waals surface area contributed by atoms with E-state index < -0.39 is 11.6 Å². The first-order valence-corrected chi connectivity index (χ1v) is 9.67. The van der Waals surface area contributed by atoms with Gasteiger partial charge in [0, 0.05) is 33.5 Å². The van der Waals surface area contributed by atoms with Crippen LogP contribution in [0.1, 0.15) is 5.56 Å². The van der Waals surface area contributed by atoms with Crippen molar-refractivity contribution < 1.29 is 8.78 Å². The van der Waals surface area contributed by atoms with Crippen molar-refractivity contribution in [1.82, 2.24) is 0 Å². The second kappa shape index (κ2) is 7.49. The summed E-state index contributed by atoms with van der Waals surface area (Å²) in [7, 11) is 1.79. The summed E-state index contributed by atoms with van der Waals surface area (Å²) in [5, 5.41) is 7.44. The Bertz CT molecular complexity index is 1230. The highest BCUT2D eigenvalue weighted by molar-refractivity contribution is 9.10. The van der Waals surface area contributed by atoms with Crippen molar-refractivity contribution in [1.29, 1.82) is 0 Å². The molecule has 0 unspecified atom stereocenters. The van der Waals surface area contributed by atoms with E-state index in [9.17, 15) is 8.78 Å². The third-order valence-electron chi connectivity index (χ3n) is 4.59. The van der Waals surface area contributed by atoms with Crippen LogP contribution in [0.2, 0.25) is 5.02 Å². The van der Waals surface area contributed by atoms with E-state index in [1.54, 1.807) is 13.1 Å². The van der Waals surface area contributed by atoms with Gasteiger partial charge in [-0.25, -0.2) is 8.78 Å². The standard InChI is InChI=1S/C22H14BrClF2N2/c1-27-21-14-7-5-12(23)9-16(14)17-10-13(24)6-8-15(17)22(21)28-11-18-19(25)3-2-4-20(18)26/h2-11,27H,1H3. The fraction of sp³-hybridized carbons (Fsp3) is 0.0455. The highest BCUT2D eigenvalue weighted by Crippen LogP contribution is 2.43. The predicted octanol–water partition coefficient (Wildman–Crippen LogP) is 7.48. The number of rotatable bonds is 3. The van der Waals surface area contributed by atoms with Gasteiger partial charge in [0.25, 0.3) is 0 Å². The molecule has 0 aliphatic carbocycles. The Balaban J connectivity index is 2.06. The number of hydrogen-bond donors (Lipinski definition) is 1. The van der Waals surface area contributed by atoms with Crippen LogP contribution in [0.25, 0.3) is 21.5 Å². The van der Waals surface area contributed by atoms with Crippen molar-refractivity contribution in [3.63, 3.8) is 0 Å². The number of nitrogens with one attached hydrogen (secondary N) is 1. The third kappa shape index (κ3) is 3.25. The minimum atomic E-state index is -0.660. The lowest BCUT2D eigenvalue weighted by molar-refractivity contribution is 0.580. The van der Waals surface area contributed by atoms with Gasteiger partial charge in [-0.3, -0.25) is 4.99 Å². The van der Waals surface area contributed by atoms with Gasteiger partial charge in [0.15, 0.2) is 0 Å². The van der Waals surface area contributed by atoms with Gasteiger partial charge in [-0.1, -0.05) is 45.7 Å². The van der Waals surface area contributed by atoms with Gasteiger partial charge in [-0.05, 0) is 47.2 Å². The monoisotopic (exact) mass is 458 g/mol. The van der Waals surface area contributed by atoms with E-state index in [0.717, 1.165) is 31.7 Å². The Morgan fingerprint density at radius 2 is 1.61 bits per heavy atom. The van der Waals surface area contributed by atoms with Gasteiger partial charge < -0.3 is 5.32 Å². The van der Waals surface area contributed by atoms with E-state index in [2.05, 4.69) is 26.2 Å². The topological polar surface area (TPSA) is 24.4 Å². The lowest BCUT2D eigenvalue weighted by Gasteiger charge is -2.15. The van der Waals surface area contributed by atoms with Crippen LogP contribution in [-0.4, -0.2) is 13.3 Å². The highest BCUT2D eigenvalue weighted by Gasteiger charge is 2.14. The molecule has 2 nitrogen and oxygen atoms in total. The second-order valence-electron chi connectivity index (χ2n) is 6.25. The first kappa shape index (κ1) is 18.8. The molecule has 0 saturated carbocycles. The Labute approximate surface area is 174 Å². The molecule has 0 spiro atoms. The van der Waals surface area contributed by atoms with E-state index in [4.69, 9.17) is 11.6 Å². The molecule has 1 N–H and O–H groups in total. The molecule has 0 bridgehead atoms. The van der Waals surface area contributed by atoms with Gasteiger partial charge in [0.1, 0.15) is 11.6 Å². The van der Waals surface area contributed by atoms with Gasteiger partial charge in [0.2, 0.25) is 0 Å². The molecule has 4 aromatic carbocycles. The fourth-order valence-corrected chi connectivity index (χ4v) is 3.85. The Morgan fingerprint density at radius 1 is 0.929 bits per heavy atom. The van der Waals surface area contributed by atoms with Crippen molar-refractivity contribution in [2.24, 2.45) is 4.99 Å². The molecule has 0 aliphatic rings. The summed E-state index contributed by atoms with van der Waals surface area (Å²) < 4.78 is 29.0. The van der Waals surface area contributed by atoms with Gasteiger partial charge in [0.05, 0.1) is 16.9 Å². The number of halogens is 4. The summed E-state index contributed by atoms with van der Waals surface area (Å²) in [5.41, 5.74) is 1.18. The largest absolute Gasteiger partial charge is 0.386 e. The number of hydrogen-bond acceptors (Lipinski definition) is 2. The normalized spacial score (nSPS) is 11.6. The van der Waals surface area contributed by atoms with Gasteiger partial charge >= 0.3 is 0 Å². The van der Waals surface area contributed by atoms with E-state index in [1.807, 2.05) is 30.3 Å². The van der Waals surface area contributed by atoms with Crippen molar-refractivity contribution in [3.05, 3.63) is 81.3 Å². The fourth-order valence-electron chi connectivity index (χ4n) is 3.32. The Hall–Kier alpha value is -2.50. The van der Waals surface area contributed by atoms with Crippen LogP contribution in [-0.2, 0) is 0 Å². The molecule has 28 heavy (non-hydrogen) atoms. The van der Waals surface area contributed by atoms with E-state index >= 15 is 0 Å². The molecule has 4 aromatic rings. The molecule has 6 heteroatoms. The van der Waals surface area contributed by atoms with Crippen molar-refractivity contribution in [2.75, 3.05) is 12.4 Å². The van der Waals surface area contributed by atoms with E-state index in [0.29, 0.717) is 10.7 Å². The first-order valence-electron chi connectivity index (χ1n) is 8.50. The average molecular weight is 460 g/mol. The van der Waals surface area contributed by atoms with Crippen LogP contribution in [0.3, 0.4) is 0 Å². The Kier molecular flexibility index (Phi) is 5.04. The zero-order valence-corrected chi connectivity index (χ0v) is 17.1. The number of nitrogens with zero attached hydrogens (tertiary/aromatic N) is 1.